The number of nitrogens with one attached hydrogen (secondary N) is 1. The summed E-state index contributed by atoms with van der Waals surface area (Å²) in [6.45, 7) is 0. The third-order valence-electron chi connectivity index (χ3n) is 3.04. The highest BCUT2D eigenvalue weighted by molar-refractivity contribution is 7.91. The number of nitro benzene ring substituents is 1. The molecule has 0 saturated carbocycles. The number of carbonyl (C=O) groups excluding carboxylic acids is 1. The number of methoxy groups -OCH3 is 1. The summed E-state index contributed by atoms with van der Waals surface area (Å²) in [5, 5.41) is 10.7. The Balaban J connectivity index is 2.18. The Bertz CT molecular complexity index is 879. The zero-order chi connectivity index (χ0) is 17.7. The van der Waals surface area contributed by atoms with Gasteiger partial charge >= 0.3 is 5.97 Å². The van der Waals surface area contributed by atoms with Crippen molar-refractivity contribution in [1.82, 2.24) is 0 Å². The lowest BCUT2D eigenvalue weighted by atomic mass is 10.2. The van der Waals surface area contributed by atoms with Crippen molar-refractivity contribution in [2.45, 2.75) is 5.75 Å². The van der Waals surface area contributed by atoms with Crippen LogP contribution in [0.2, 0.25) is 0 Å². The lowest BCUT2D eigenvalue weighted by molar-refractivity contribution is -0.384. The van der Waals surface area contributed by atoms with Crippen LogP contribution < -0.4 is 4.72 Å². The molecule has 0 saturated heterocycles. The summed E-state index contributed by atoms with van der Waals surface area (Å²) >= 11 is 0. The number of ether oxygens (including phenoxy) is 1. The van der Waals surface area contributed by atoms with Gasteiger partial charge in [-0.15, -0.1) is 0 Å². The van der Waals surface area contributed by atoms with E-state index in [1.165, 1.54) is 55.6 Å². The number of esters is 1. The van der Waals surface area contributed by atoms with Crippen molar-refractivity contribution in [2.24, 2.45) is 0 Å². The predicted octanol–water partition coefficient (Wildman–Crippen LogP) is 2.32. The smallest absolute Gasteiger partial charge is 0.337 e. The molecule has 2 aromatic carbocycles. The zero-order valence-electron chi connectivity index (χ0n) is 12.6. The maximum atomic E-state index is 12.2. The lowest BCUT2D eigenvalue weighted by Gasteiger charge is -2.09. The van der Waals surface area contributed by atoms with E-state index < -0.39 is 26.7 Å². The zero-order valence-corrected chi connectivity index (χ0v) is 13.4. The van der Waals surface area contributed by atoms with E-state index in [9.17, 15) is 23.3 Å². The number of hydrogen-bond donors (Lipinski definition) is 1. The second-order valence-corrected chi connectivity index (χ2v) is 6.58. The minimum Gasteiger partial charge on any atom is -0.465 e. The molecular weight excluding hydrogens is 336 g/mol. The summed E-state index contributed by atoms with van der Waals surface area (Å²) < 4.78 is 31.3. The van der Waals surface area contributed by atoms with Gasteiger partial charge in [-0.3, -0.25) is 14.8 Å². The van der Waals surface area contributed by atoms with Gasteiger partial charge in [0.25, 0.3) is 5.69 Å². The maximum Gasteiger partial charge on any atom is 0.337 e. The molecule has 0 aliphatic carbocycles. The summed E-state index contributed by atoms with van der Waals surface area (Å²) in [5.74, 6) is -1.02. The summed E-state index contributed by atoms with van der Waals surface area (Å²) in [6.07, 6.45) is 0. The fourth-order valence-corrected chi connectivity index (χ4v) is 3.20. The van der Waals surface area contributed by atoms with Crippen molar-refractivity contribution >= 4 is 27.4 Å². The van der Waals surface area contributed by atoms with E-state index in [1.807, 2.05) is 0 Å². The third-order valence-corrected chi connectivity index (χ3v) is 4.30. The molecule has 0 heterocycles. The number of nitrogens with zero attached hydrogens (tertiary/aromatic N) is 1. The van der Waals surface area contributed by atoms with Gasteiger partial charge in [0.1, 0.15) is 0 Å². The molecule has 0 radical (unpaired) electrons. The van der Waals surface area contributed by atoms with Crippen LogP contribution in [0.15, 0.2) is 48.5 Å². The van der Waals surface area contributed by atoms with Crippen LogP contribution in [0.3, 0.4) is 0 Å². The molecular formula is C15H14N2O6S. The summed E-state index contributed by atoms with van der Waals surface area (Å²) in [5.41, 5.74) is 0.493. The predicted molar refractivity (Wildman–Crippen MR) is 87.1 cm³/mol. The van der Waals surface area contributed by atoms with Crippen LogP contribution in [0.1, 0.15) is 15.9 Å². The SMILES string of the molecule is COC(=O)c1cccc(NS(=O)(=O)Cc2cccc([N+](=O)[O-])c2)c1. The quantitative estimate of drug-likeness (QED) is 0.485. The van der Waals surface area contributed by atoms with Crippen molar-refractivity contribution in [1.29, 1.82) is 0 Å². The Morgan fingerprint density at radius 2 is 1.92 bits per heavy atom. The molecule has 0 unspecified atom stereocenters. The first-order valence-corrected chi connectivity index (χ1v) is 8.38. The first kappa shape index (κ1) is 17.4. The second kappa shape index (κ2) is 7.09. The molecule has 1 N–H and O–H groups in total. The number of anilines is 1. The Morgan fingerprint density at radius 3 is 2.58 bits per heavy atom. The first-order chi connectivity index (χ1) is 11.3. The average molecular weight is 350 g/mol. The Hall–Kier alpha value is -2.94. The van der Waals surface area contributed by atoms with Crippen LogP contribution in [-0.2, 0) is 20.5 Å². The van der Waals surface area contributed by atoms with Crippen molar-refractivity contribution in [3.8, 4) is 0 Å². The monoisotopic (exact) mass is 350 g/mol. The standard InChI is InChI=1S/C15H14N2O6S/c1-23-15(18)12-5-3-6-13(9-12)16-24(21,22)10-11-4-2-7-14(8-11)17(19)20/h2-9,16H,10H2,1H3. The van der Waals surface area contributed by atoms with Crippen LogP contribution >= 0.6 is 0 Å². The van der Waals surface area contributed by atoms with Gasteiger partial charge in [0.05, 0.1) is 23.3 Å². The largest absolute Gasteiger partial charge is 0.465 e. The van der Waals surface area contributed by atoms with Gasteiger partial charge < -0.3 is 4.74 Å². The van der Waals surface area contributed by atoms with Crippen molar-refractivity contribution in [3.05, 3.63) is 69.8 Å². The van der Waals surface area contributed by atoms with E-state index in [0.717, 1.165) is 0 Å². The Morgan fingerprint density at radius 1 is 1.21 bits per heavy atom. The molecule has 2 aromatic rings. The van der Waals surface area contributed by atoms with E-state index in [4.69, 9.17) is 0 Å². The van der Waals surface area contributed by atoms with Crippen LogP contribution in [0.25, 0.3) is 0 Å². The minimum absolute atomic E-state index is 0.185. The first-order valence-electron chi connectivity index (χ1n) is 6.73. The molecule has 8 nitrogen and oxygen atoms in total. The van der Waals surface area contributed by atoms with Crippen LogP contribution in [-0.4, -0.2) is 26.4 Å². The van der Waals surface area contributed by atoms with E-state index >= 15 is 0 Å². The number of nitro groups is 1. The number of rotatable bonds is 6. The number of sulfonamides is 1. The van der Waals surface area contributed by atoms with E-state index in [1.54, 1.807) is 0 Å². The number of benzene rings is 2. The molecule has 0 amide bonds. The van der Waals surface area contributed by atoms with Gasteiger partial charge in [0, 0.05) is 17.8 Å². The summed E-state index contributed by atoms with van der Waals surface area (Å²) in [6, 6.07) is 11.2. The Labute approximate surface area is 138 Å². The molecule has 0 bridgehead atoms. The molecule has 9 heteroatoms. The minimum atomic E-state index is -3.80. The highest BCUT2D eigenvalue weighted by Crippen LogP contribution is 2.18. The fraction of sp³-hybridized carbons (Fsp3) is 0.133. The normalized spacial score (nSPS) is 10.9. The number of hydrogen-bond acceptors (Lipinski definition) is 6. The van der Waals surface area contributed by atoms with Crippen LogP contribution in [0.4, 0.5) is 11.4 Å². The molecule has 0 atom stereocenters. The molecule has 24 heavy (non-hydrogen) atoms. The van der Waals surface area contributed by atoms with Gasteiger partial charge in [-0.05, 0) is 23.8 Å². The van der Waals surface area contributed by atoms with Gasteiger partial charge in [-0.2, -0.15) is 0 Å². The average Bonchev–Trinajstić information content (AvgIpc) is 2.53. The second-order valence-electron chi connectivity index (χ2n) is 4.86. The molecule has 126 valence electrons. The Kier molecular flexibility index (Phi) is 5.14. The fourth-order valence-electron chi connectivity index (χ4n) is 2.02. The molecule has 2 rings (SSSR count). The van der Waals surface area contributed by atoms with Gasteiger partial charge in [-0.25, -0.2) is 13.2 Å². The topological polar surface area (TPSA) is 116 Å². The third kappa shape index (κ3) is 4.53. The number of carbonyl (C=O) groups is 1. The molecule has 0 aliphatic rings. The number of non-ortho nitro benzene ring substituents is 1. The van der Waals surface area contributed by atoms with Gasteiger partial charge in [0.15, 0.2) is 0 Å². The van der Waals surface area contributed by atoms with Crippen LogP contribution in [0.5, 0.6) is 0 Å². The van der Waals surface area contributed by atoms with E-state index in [-0.39, 0.29) is 22.5 Å². The van der Waals surface area contributed by atoms with E-state index in [2.05, 4.69) is 9.46 Å². The molecule has 0 aromatic heterocycles. The maximum absolute atomic E-state index is 12.2. The molecule has 0 aliphatic heterocycles. The molecule has 0 spiro atoms. The van der Waals surface area contributed by atoms with Crippen LogP contribution in [0, 0.1) is 10.1 Å². The summed E-state index contributed by atoms with van der Waals surface area (Å²) in [7, 11) is -2.58. The van der Waals surface area contributed by atoms with Crippen molar-refractivity contribution in [2.75, 3.05) is 11.8 Å². The highest BCUT2D eigenvalue weighted by Gasteiger charge is 2.15. The van der Waals surface area contributed by atoms with Gasteiger partial charge in [-0.1, -0.05) is 18.2 Å². The highest BCUT2D eigenvalue weighted by atomic mass is 32.2. The van der Waals surface area contributed by atoms with Crippen molar-refractivity contribution < 1.29 is 22.9 Å². The van der Waals surface area contributed by atoms with Gasteiger partial charge in [0.2, 0.25) is 10.0 Å². The van der Waals surface area contributed by atoms with E-state index in [0.29, 0.717) is 0 Å². The summed E-state index contributed by atoms with van der Waals surface area (Å²) in [4.78, 5) is 21.6. The lowest BCUT2D eigenvalue weighted by Crippen LogP contribution is -2.15. The molecule has 0 fully saturated rings. The van der Waals surface area contributed by atoms with Crippen molar-refractivity contribution in [3.63, 3.8) is 0 Å².